The highest BCUT2D eigenvalue weighted by molar-refractivity contribution is 7.84. The molecule has 1 fully saturated rings. The van der Waals surface area contributed by atoms with Crippen LogP contribution >= 0.6 is 11.3 Å². The van der Waals surface area contributed by atoms with E-state index in [1.807, 2.05) is 45.9 Å². The van der Waals surface area contributed by atoms with Crippen LogP contribution in [0.15, 0.2) is 60.7 Å². The molecule has 1 saturated carbocycles. The third kappa shape index (κ3) is 4.32. The highest BCUT2D eigenvalue weighted by Crippen LogP contribution is 2.53. The zero-order valence-corrected chi connectivity index (χ0v) is 21.4. The molecular weight excluding hydrogens is 465 g/mol. The fourth-order valence-electron chi connectivity index (χ4n) is 4.15. The van der Waals surface area contributed by atoms with Gasteiger partial charge in [0.1, 0.15) is 21.2 Å². The van der Waals surface area contributed by atoms with Crippen molar-refractivity contribution in [2.24, 2.45) is 0 Å². The van der Waals surface area contributed by atoms with Gasteiger partial charge >= 0.3 is 0 Å². The summed E-state index contributed by atoms with van der Waals surface area (Å²) in [7, 11) is -1.24. The summed E-state index contributed by atoms with van der Waals surface area (Å²) >= 11 is 1.42. The van der Waals surface area contributed by atoms with E-state index < -0.39 is 11.0 Å². The average Bonchev–Trinajstić information content (AvgIpc) is 3.51. The number of pyridine rings is 1. The number of rotatable bonds is 6. The predicted octanol–water partition coefficient (Wildman–Crippen LogP) is 6.69. The van der Waals surface area contributed by atoms with E-state index >= 15 is 4.39 Å². The first-order valence-electron chi connectivity index (χ1n) is 11.5. The summed E-state index contributed by atoms with van der Waals surface area (Å²) in [4.78, 5) is 10.4. The van der Waals surface area contributed by atoms with Crippen molar-refractivity contribution in [1.82, 2.24) is 14.7 Å². The lowest BCUT2D eigenvalue weighted by atomic mass is 9.92. The third-order valence-corrected chi connectivity index (χ3v) is 9.06. The molecular formula is C27H28FN3OS2. The molecule has 1 aliphatic rings. The van der Waals surface area contributed by atoms with Gasteiger partial charge in [-0.1, -0.05) is 47.7 Å². The third-order valence-electron chi connectivity index (χ3n) is 6.39. The highest BCUT2D eigenvalue weighted by Gasteiger charge is 2.47. The Balaban J connectivity index is 1.42. The minimum Gasteiger partial charge on any atom is -0.242 e. The van der Waals surface area contributed by atoms with Crippen molar-refractivity contribution in [2.45, 2.75) is 56.7 Å². The average molecular weight is 494 g/mol. The standard InChI is InChI=1S/C27H28FN3OS2/c1-17(31-34(32)26(2,3)4)18-10-11-20(21(28)16-18)24-29-22-12-13-23(30-25(22)33-24)27(14-15-27)19-8-6-5-7-9-19/h5-13,16-17,31H,14-15H2,1-4H3/t17?,34-/m0/s1. The molecule has 2 aromatic carbocycles. The van der Waals surface area contributed by atoms with Crippen LogP contribution in [0.4, 0.5) is 4.39 Å². The molecule has 0 bridgehead atoms. The van der Waals surface area contributed by atoms with Crippen molar-refractivity contribution in [3.05, 3.63) is 83.3 Å². The van der Waals surface area contributed by atoms with Gasteiger partial charge in [-0.05, 0) is 75.9 Å². The van der Waals surface area contributed by atoms with Gasteiger partial charge in [-0.15, -0.1) is 0 Å². The number of halogens is 1. The molecule has 0 saturated heterocycles. The van der Waals surface area contributed by atoms with Crippen LogP contribution in [0.1, 0.15) is 63.4 Å². The smallest absolute Gasteiger partial charge is 0.144 e. The molecule has 2 aromatic heterocycles. The largest absolute Gasteiger partial charge is 0.242 e. The van der Waals surface area contributed by atoms with Gasteiger partial charge < -0.3 is 0 Å². The molecule has 34 heavy (non-hydrogen) atoms. The number of thiazole rings is 1. The lowest BCUT2D eigenvalue weighted by molar-refractivity contribution is 0.606. The Kier molecular flexibility index (Phi) is 5.91. The number of hydrogen-bond acceptors (Lipinski definition) is 4. The van der Waals surface area contributed by atoms with Crippen molar-refractivity contribution >= 4 is 32.7 Å². The molecule has 0 aliphatic heterocycles. The van der Waals surface area contributed by atoms with Gasteiger partial charge in [0.15, 0.2) is 0 Å². The van der Waals surface area contributed by atoms with E-state index in [4.69, 9.17) is 4.98 Å². The second-order valence-corrected chi connectivity index (χ2v) is 12.9. The van der Waals surface area contributed by atoms with Crippen LogP contribution in [0.25, 0.3) is 20.9 Å². The number of benzene rings is 2. The lowest BCUT2D eigenvalue weighted by Crippen LogP contribution is -2.34. The Bertz CT molecular complexity index is 1370. The molecule has 0 spiro atoms. The number of nitrogens with zero attached hydrogens (tertiary/aromatic N) is 2. The summed E-state index contributed by atoms with van der Waals surface area (Å²) in [5, 5.41) is 0.618. The summed E-state index contributed by atoms with van der Waals surface area (Å²) in [6.07, 6.45) is 2.17. The summed E-state index contributed by atoms with van der Waals surface area (Å²) in [6, 6.07) is 19.5. The number of nitrogens with one attached hydrogen (secondary N) is 1. The molecule has 2 atom stereocenters. The second kappa shape index (κ2) is 8.63. The maximum Gasteiger partial charge on any atom is 0.144 e. The zero-order chi connectivity index (χ0) is 24.1. The highest BCUT2D eigenvalue weighted by atomic mass is 32.2. The van der Waals surface area contributed by atoms with Crippen LogP contribution in [0.3, 0.4) is 0 Å². The van der Waals surface area contributed by atoms with E-state index in [2.05, 4.69) is 40.0 Å². The van der Waals surface area contributed by atoms with Gasteiger partial charge in [0.05, 0.1) is 21.4 Å². The van der Waals surface area contributed by atoms with Gasteiger partial charge in [-0.25, -0.2) is 23.3 Å². The van der Waals surface area contributed by atoms with Crippen LogP contribution in [0.2, 0.25) is 0 Å². The molecule has 1 unspecified atom stereocenters. The number of fused-ring (bicyclic) bond motifs is 1. The van der Waals surface area contributed by atoms with Gasteiger partial charge in [0, 0.05) is 17.0 Å². The lowest BCUT2D eigenvalue weighted by Gasteiger charge is -2.22. The van der Waals surface area contributed by atoms with Crippen LogP contribution in [0.5, 0.6) is 0 Å². The minimum atomic E-state index is -1.24. The Labute approximate surface area is 206 Å². The van der Waals surface area contributed by atoms with Gasteiger partial charge in [0.25, 0.3) is 0 Å². The van der Waals surface area contributed by atoms with Crippen molar-refractivity contribution in [3.8, 4) is 10.6 Å². The first-order chi connectivity index (χ1) is 16.2. The molecule has 176 valence electrons. The fraction of sp³-hybridized carbons (Fsp3) is 0.333. The number of aromatic nitrogens is 2. The normalized spacial score (nSPS) is 17.0. The van der Waals surface area contributed by atoms with Gasteiger partial charge in [0.2, 0.25) is 0 Å². The maximum atomic E-state index is 15.1. The molecule has 2 heterocycles. The Morgan fingerprint density at radius 1 is 1.06 bits per heavy atom. The number of hydrogen-bond donors (Lipinski definition) is 1. The topological polar surface area (TPSA) is 54.9 Å². The summed E-state index contributed by atoms with van der Waals surface area (Å²) < 4.78 is 30.2. The van der Waals surface area contributed by atoms with E-state index in [-0.39, 0.29) is 22.0 Å². The first-order valence-corrected chi connectivity index (χ1v) is 13.5. The molecule has 1 aliphatic carbocycles. The Morgan fingerprint density at radius 2 is 1.79 bits per heavy atom. The van der Waals surface area contributed by atoms with Crippen LogP contribution < -0.4 is 4.72 Å². The summed E-state index contributed by atoms with van der Waals surface area (Å²) in [6.45, 7) is 7.61. The SMILES string of the molecule is CC(N[S@@](=O)C(C)(C)C)c1ccc(-c2nc3ccc(C4(c5ccccc5)CC4)nc3s2)c(F)c1. The van der Waals surface area contributed by atoms with Crippen molar-refractivity contribution in [2.75, 3.05) is 0 Å². The first kappa shape index (κ1) is 23.3. The Morgan fingerprint density at radius 3 is 2.44 bits per heavy atom. The van der Waals surface area contributed by atoms with Crippen LogP contribution in [-0.4, -0.2) is 18.9 Å². The molecule has 7 heteroatoms. The van der Waals surface area contributed by atoms with Crippen molar-refractivity contribution in [1.29, 1.82) is 0 Å². The minimum absolute atomic E-state index is 0.0111. The van der Waals surface area contributed by atoms with Crippen molar-refractivity contribution < 1.29 is 8.60 Å². The summed E-state index contributed by atoms with van der Waals surface area (Å²) in [5.74, 6) is -0.338. The van der Waals surface area contributed by atoms with Gasteiger partial charge in [-0.2, -0.15) is 0 Å². The van der Waals surface area contributed by atoms with Gasteiger partial charge in [-0.3, -0.25) is 0 Å². The van der Waals surface area contributed by atoms with Crippen LogP contribution in [-0.2, 0) is 16.4 Å². The van der Waals surface area contributed by atoms with Crippen molar-refractivity contribution in [3.63, 3.8) is 0 Å². The second-order valence-electron chi connectivity index (χ2n) is 9.95. The molecule has 4 nitrogen and oxygen atoms in total. The van der Waals surface area contributed by atoms with E-state index in [9.17, 15) is 4.21 Å². The predicted molar refractivity (Wildman–Crippen MR) is 139 cm³/mol. The fourth-order valence-corrected chi connectivity index (χ4v) is 5.93. The van der Waals surface area contributed by atoms with E-state index in [1.54, 1.807) is 6.07 Å². The zero-order valence-electron chi connectivity index (χ0n) is 19.8. The van der Waals surface area contributed by atoms with E-state index in [0.29, 0.717) is 10.6 Å². The molecule has 1 N–H and O–H groups in total. The van der Waals surface area contributed by atoms with E-state index in [1.165, 1.54) is 23.0 Å². The quantitative estimate of drug-likeness (QED) is 0.326. The molecule has 5 rings (SSSR count). The Hall–Kier alpha value is -2.48. The monoisotopic (exact) mass is 493 g/mol. The van der Waals surface area contributed by atoms with E-state index in [0.717, 1.165) is 34.4 Å². The molecule has 4 aromatic rings. The molecule has 0 amide bonds. The summed E-state index contributed by atoms with van der Waals surface area (Å²) in [5.41, 5.74) is 4.34. The molecule has 0 radical (unpaired) electrons. The van der Waals surface area contributed by atoms with Crippen LogP contribution in [0, 0.1) is 5.82 Å². The maximum absolute atomic E-state index is 15.1.